The van der Waals surface area contributed by atoms with Gasteiger partial charge in [0.25, 0.3) is 0 Å². The van der Waals surface area contributed by atoms with Crippen LogP contribution in [-0.2, 0) is 16.7 Å². The SMILES string of the molecule is [2H]C1([2H])OCC(=O)c2cccc3[nH]c(-c4ccc(C5(C)CCCC5)c(F)c4)c1c23. The van der Waals surface area contributed by atoms with Gasteiger partial charge in [0, 0.05) is 27.6 Å². The number of ether oxygens (including phenoxy) is 1. The Morgan fingerprint density at radius 1 is 1.22 bits per heavy atom. The first-order valence-corrected chi connectivity index (χ1v) is 9.43. The maximum Gasteiger partial charge on any atom is 0.189 e. The molecule has 0 bridgehead atoms. The minimum absolute atomic E-state index is 0.147. The topological polar surface area (TPSA) is 42.1 Å². The van der Waals surface area contributed by atoms with Crippen molar-refractivity contribution >= 4 is 16.7 Å². The van der Waals surface area contributed by atoms with Crippen LogP contribution in [0.5, 0.6) is 0 Å². The Morgan fingerprint density at radius 2 is 2.04 bits per heavy atom. The van der Waals surface area contributed by atoms with Crippen LogP contribution in [0.25, 0.3) is 22.2 Å². The van der Waals surface area contributed by atoms with Crippen LogP contribution in [0.2, 0.25) is 0 Å². The Kier molecular flexibility index (Phi) is 3.26. The first-order valence-electron chi connectivity index (χ1n) is 10.4. The third-order valence-electron chi connectivity index (χ3n) is 6.12. The fourth-order valence-corrected chi connectivity index (χ4v) is 4.64. The van der Waals surface area contributed by atoms with Crippen LogP contribution >= 0.6 is 0 Å². The summed E-state index contributed by atoms with van der Waals surface area (Å²) in [4.78, 5) is 15.6. The summed E-state index contributed by atoms with van der Waals surface area (Å²) in [5.74, 6) is -0.538. The Balaban J connectivity index is 1.72. The van der Waals surface area contributed by atoms with E-state index in [0.29, 0.717) is 27.7 Å². The second-order valence-electron chi connectivity index (χ2n) is 7.88. The predicted molar refractivity (Wildman–Crippen MR) is 103 cm³/mol. The predicted octanol–water partition coefficient (Wildman–Crippen LogP) is 5.52. The molecule has 1 aliphatic heterocycles. The number of halogens is 1. The average molecular weight is 365 g/mol. The molecule has 0 amide bonds. The summed E-state index contributed by atoms with van der Waals surface area (Å²) in [6, 6.07) is 10.4. The maximum absolute atomic E-state index is 15.2. The number of rotatable bonds is 2. The van der Waals surface area contributed by atoms with Crippen molar-refractivity contribution in [3.05, 3.63) is 58.9 Å². The fraction of sp³-hybridized carbons (Fsp3) is 0.348. The summed E-state index contributed by atoms with van der Waals surface area (Å²) in [5, 5.41) is 0.516. The Hall–Kier alpha value is -2.46. The summed E-state index contributed by atoms with van der Waals surface area (Å²) in [7, 11) is 0. The minimum atomic E-state index is -2.16. The minimum Gasteiger partial charge on any atom is -0.369 e. The first-order chi connectivity index (χ1) is 13.8. The number of hydrogen-bond donors (Lipinski definition) is 1. The molecule has 1 aliphatic carbocycles. The van der Waals surface area contributed by atoms with Crippen LogP contribution in [0.15, 0.2) is 36.4 Å². The van der Waals surface area contributed by atoms with E-state index in [0.717, 1.165) is 31.2 Å². The quantitative estimate of drug-likeness (QED) is 0.650. The molecule has 5 rings (SSSR count). The molecule has 0 saturated heterocycles. The molecule has 2 heterocycles. The number of Topliss-reactive ketones (excluding diaryl/α,β-unsaturated/α-hetero) is 1. The van der Waals surface area contributed by atoms with E-state index < -0.39 is 6.56 Å². The lowest BCUT2D eigenvalue weighted by molar-refractivity contribution is 0.0742. The summed E-state index contributed by atoms with van der Waals surface area (Å²) in [6.45, 7) is -0.381. The average Bonchev–Trinajstić information content (AvgIpc) is 3.28. The van der Waals surface area contributed by atoms with Crippen molar-refractivity contribution in [1.29, 1.82) is 0 Å². The highest BCUT2D eigenvalue weighted by Crippen LogP contribution is 2.43. The smallest absolute Gasteiger partial charge is 0.189 e. The van der Waals surface area contributed by atoms with Crippen LogP contribution in [0.1, 0.15) is 56.8 Å². The van der Waals surface area contributed by atoms with Gasteiger partial charge in [0.05, 0.1) is 15.0 Å². The Bertz CT molecular complexity index is 1150. The van der Waals surface area contributed by atoms with Crippen LogP contribution in [0, 0.1) is 5.82 Å². The van der Waals surface area contributed by atoms with Crippen LogP contribution in [-0.4, -0.2) is 17.4 Å². The molecule has 0 spiro atoms. The molecule has 1 fully saturated rings. The van der Waals surface area contributed by atoms with E-state index >= 15 is 4.39 Å². The van der Waals surface area contributed by atoms with E-state index in [4.69, 9.17) is 7.48 Å². The number of carbonyl (C=O) groups is 1. The van der Waals surface area contributed by atoms with Crippen LogP contribution < -0.4 is 0 Å². The van der Waals surface area contributed by atoms with Gasteiger partial charge < -0.3 is 9.72 Å². The molecule has 0 unspecified atom stereocenters. The van der Waals surface area contributed by atoms with E-state index in [-0.39, 0.29) is 29.2 Å². The third kappa shape index (κ3) is 2.54. The van der Waals surface area contributed by atoms with Gasteiger partial charge in [0.15, 0.2) is 5.78 Å². The molecule has 1 N–H and O–H groups in total. The van der Waals surface area contributed by atoms with Gasteiger partial charge in [-0.1, -0.05) is 44.0 Å². The highest BCUT2D eigenvalue weighted by Gasteiger charge is 2.33. The molecule has 1 aromatic heterocycles. The van der Waals surface area contributed by atoms with Gasteiger partial charge in [-0.25, -0.2) is 4.39 Å². The molecule has 0 radical (unpaired) electrons. The number of ketones is 1. The molecular formula is C23H22FNO2. The summed E-state index contributed by atoms with van der Waals surface area (Å²) >= 11 is 0. The van der Waals surface area contributed by atoms with Crippen molar-refractivity contribution in [2.75, 3.05) is 6.61 Å². The number of aromatic nitrogens is 1. The van der Waals surface area contributed by atoms with Gasteiger partial charge in [-0.3, -0.25) is 4.79 Å². The molecule has 2 aliphatic rings. The highest BCUT2D eigenvalue weighted by molar-refractivity contribution is 6.11. The van der Waals surface area contributed by atoms with E-state index in [1.807, 2.05) is 12.1 Å². The molecule has 3 aromatic rings. The fourth-order valence-electron chi connectivity index (χ4n) is 4.64. The van der Waals surface area contributed by atoms with Gasteiger partial charge >= 0.3 is 0 Å². The number of carbonyl (C=O) groups excluding carboxylic acids is 1. The molecule has 2 aromatic carbocycles. The molecule has 138 valence electrons. The van der Waals surface area contributed by atoms with Crippen molar-refractivity contribution in [3.8, 4) is 11.3 Å². The Labute approximate surface area is 160 Å². The van der Waals surface area contributed by atoms with E-state index in [1.54, 1.807) is 18.2 Å². The van der Waals surface area contributed by atoms with Gasteiger partial charge in [-0.2, -0.15) is 0 Å². The normalized spacial score (nSPS) is 21.8. The molecule has 1 saturated carbocycles. The maximum atomic E-state index is 15.2. The Morgan fingerprint density at radius 3 is 2.81 bits per heavy atom. The number of nitrogens with one attached hydrogen (secondary N) is 1. The zero-order chi connectivity index (χ0) is 20.4. The second kappa shape index (κ2) is 6.03. The molecule has 27 heavy (non-hydrogen) atoms. The largest absolute Gasteiger partial charge is 0.369 e. The highest BCUT2D eigenvalue weighted by atomic mass is 19.1. The standard InChI is InChI=1S/C23H22FNO2/c1-23(9-2-3-10-23)17-8-7-14(11-18(17)24)22-16-12-27-13-20(26)15-5-4-6-19(25-22)21(15)16/h4-8,11,25H,2-3,9-10,12-13H2,1H3/i12D2. The monoisotopic (exact) mass is 365 g/mol. The van der Waals surface area contributed by atoms with Crippen LogP contribution in [0.3, 0.4) is 0 Å². The van der Waals surface area contributed by atoms with Crippen LogP contribution in [0.4, 0.5) is 4.39 Å². The number of aromatic amines is 1. The van der Waals surface area contributed by atoms with Gasteiger partial charge in [-0.05, 0) is 36.0 Å². The van der Waals surface area contributed by atoms with Gasteiger partial charge in [0.2, 0.25) is 0 Å². The van der Waals surface area contributed by atoms with Crippen molar-refractivity contribution in [2.24, 2.45) is 0 Å². The van der Waals surface area contributed by atoms with Gasteiger partial charge in [0.1, 0.15) is 12.4 Å². The lowest BCUT2D eigenvalue weighted by Crippen LogP contribution is -2.18. The summed E-state index contributed by atoms with van der Waals surface area (Å²) in [6.07, 6.45) is 4.17. The van der Waals surface area contributed by atoms with E-state index in [9.17, 15) is 4.79 Å². The lowest BCUT2D eigenvalue weighted by atomic mass is 9.80. The number of H-pyrrole nitrogens is 1. The third-order valence-corrected chi connectivity index (χ3v) is 6.12. The molecule has 4 heteroatoms. The van der Waals surface area contributed by atoms with Crippen molar-refractivity contribution in [2.45, 2.75) is 44.6 Å². The lowest BCUT2D eigenvalue weighted by Gasteiger charge is -2.25. The summed E-state index contributed by atoms with van der Waals surface area (Å²) < 4.78 is 37.3. The zero-order valence-corrected chi connectivity index (χ0v) is 15.2. The second-order valence-corrected chi connectivity index (χ2v) is 7.88. The van der Waals surface area contributed by atoms with Crippen molar-refractivity contribution in [1.82, 2.24) is 4.98 Å². The first kappa shape index (κ1) is 14.6. The molecular weight excluding hydrogens is 341 g/mol. The summed E-state index contributed by atoms with van der Waals surface area (Å²) in [5.41, 5.74) is 2.90. The van der Waals surface area contributed by atoms with Crippen molar-refractivity contribution < 1.29 is 16.7 Å². The number of benzene rings is 2. The molecule has 3 nitrogen and oxygen atoms in total. The van der Waals surface area contributed by atoms with Crippen molar-refractivity contribution in [3.63, 3.8) is 0 Å². The van der Waals surface area contributed by atoms with Gasteiger partial charge in [-0.15, -0.1) is 0 Å². The zero-order valence-electron chi connectivity index (χ0n) is 17.2. The van der Waals surface area contributed by atoms with E-state index in [1.165, 1.54) is 6.07 Å². The van der Waals surface area contributed by atoms with E-state index in [2.05, 4.69) is 11.9 Å². The number of hydrogen-bond acceptors (Lipinski definition) is 2. The molecule has 0 atom stereocenters.